The van der Waals surface area contributed by atoms with Crippen molar-refractivity contribution in [3.63, 3.8) is 0 Å². The Hall–Kier alpha value is -1.22. The number of esters is 2. The highest BCUT2D eigenvalue weighted by Gasteiger charge is 2.46. The van der Waals surface area contributed by atoms with Gasteiger partial charge in [0, 0.05) is 19.1 Å². The summed E-state index contributed by atoms with van der Waals surface area (Å²) in [5.41, 5.74) is 0. The first-order chi connectivity index (χ1) is 16.5. The number of aliphatic hydroxyl groups excluding tert-OH is 3. The largest absolute Gasteiger partial charge is 0.465 e. The number of carbonyl (C=O) groups excluding carboxylic acids is 2. The van der Waals surface area contributed by atoms with Crippen molar-refractivity contribution >= 4 is 11.9 Å². The molecule has 1 rings (SSSR count). The Morgan fingerprint density at radius 1 is 0.735 bits per heavy atom. The van der Waals surface area contributed by atoms with Gasteiger partial charge in [-0.2, -0.15) is 0 Å². The molecule has 200 valence electrons. The summed E-state index contributed by atoms with van der Waals surface area (Å²) in [6.45, 7) is 5.23. The van der Waals surface area contributed by atoms with Crippen LogP contribution in [0.5, 0.6) is 0 Å². The number of ether oxygens (including phenoxy) is 2. The quantitative estimate of drug-likeness (QED) is 0.188. The zero-order chi connectivity index (χ0) is 25.2. The van der Waals surface area contributed by atoms with Crippen LogP contribution in [0, 0.1) is 11.8 Å². The van der Waals surface area contributed by atoms with Gasteiger partial charge in [-0.3, -0.25) is 14.5 Å². The summed E-state index contributed by atoms with van der Waals surface area (Å²) < 4.78 is 11.0. The molecular formula is C26H49NO7. The van der Waals surface area contributed by atoms with Crippen molar-refractivity contribution in [2.45, 2.75) is 103 Å². The Morgan fingerprint density at radius 3 is 1.62 bits per heavy atom. The Labute approximate surface area is 206 Å². The van der Waals surface area contributed by atoms with Gasteiger partial charge < -0.3 is 24.8 Å². The highest BCUT2D eigenvalue weighted by molar-refractivity contribution is 5.82. The van der Waals surface area contributed by atoms with Gasteiger partial charge in [-0.15, -0.1) is 0 Å². The molecule has 0 bridgehead atoms. The van der Waals surface area contributed by atoms with Crippen LogP contribution >= 0.6 is 0 Å². The van der Waals surface area contributed by atoms with Gasteiger partial charge in [-0.05, 0) is 25.7 Å². The molecule has 4 unspecified atom stereocenters. The van der Waals surface area contributed by atoms with Crippen LogP contribution in [-0.4, -0.2) is 83.8 Å². The van der Waals surface area contributed by atoms with Crippen LogP contribution in [0.2, 0.25) is 0 Å². The number of nitrogens with zero attached hydrogens (tertiary/aromatic N) is 1. The van der Waals surface area contributed by atoms with E-state index in [0.29, 0.717) is 13.2 Å². The lowest BCUT2D eigenvalue weighted by Crippen LogP contribution is -2.54. The van der Waals surface area contributed by atoms with Crippen molar-refractivity contribution in [3.8, 4) is 0 Å². The monoisotopic (exact) mass is 487 g/mol. The standard InChI is InChI=1S/C26H49NO7/c1-3-5-7-9-11-17-33-25(31)21-19-23(27(13-15-28)14-16-29)24(30)20-22(21)26(32)34-18-12-10-8-6-4-2/h21-24,28-30H,3-20H2,1-2H3. The summed E-state index contributed by atoms with van der Waals surface area (Å²) in [7, 11) is 0. The molecule has 0 aromatic rings. The second-order valence-electron chi connectivity index (χ2n) is 9.47. The summed E-state index contributed by atoms with van der Waals surface area (Å²) in [6, 6.07) is -0.445. The molecule has 0 aromatic carbocycles. The minimum Gasteiger partial charge on any atom is -0.465 e. The molecule has 1 aliphatic rings. The third-order valence-corrected chi connectivity index (χ3v) is 6.75. The topological polar surface area (TPSA) is 117 Å². The first-order valence-corrected chi connectivity index (χ1v) is 13.5. The minimum absolute atomic E-state index is 0.100. The summed E-state index contributed by atoms with van der Waals surface area (Å²) >= 11 is 0. The average molecular weight is 488 g/mol. The van der Waals surface area contributed by atoms with E-state index in [9.17, 15) is 24.9 Å². The van der Waals surface area contributed by atoms with E-state index in [0.717, 1.165) is 64.2 Å². The van der Waals surface area contributed by atoms with Crippen LogP contribution in [-0.2, 0) is 19.1 Å². The molecule has 0 saturated heterocycles. The molecule has 0 aliphatic heterocycles. The van der Waals surface area contributed by atoms with Gasteiger partial charge in [0.05, 0.1) is 44.4 Å². The van der Waals surface area contributed by atoms with Crippen molar-refractivity contribution in [1.29, 1.82) is 0 Å². The van der Waals surface area contributed by atoms with E-state index in [2.05, 4.69) is 13.8 Å². The number of hydrogen-bond acceptors (Lipinski definition) is 8. The Balaban J connectivity index is 2.77. The average Bonchev–Trinajstić information content (AvgIpc) is 2.83. The number of rotatable bonds is 19. The van der Waals surface area contributed by atoms with Gasteiger partial charge in [0.1, 0.15) is 0 Å². The van der Waals surface area contributed by atoms with Gasteiger partial charge >= 0.3 is 11.9 Å². The van der Waals surface area contributed by atoms with Crippen LogP contribution < -0.4 is 0 Å². The van der Waals surface area contributed by atoms with E-state index in [1.54, 1.807) is 4.90 Å². The van der Waals surface area contributed by atoms with Gasteiger partial charge in [0.15, 0.2) is 0 Å². The molecule has 1 fully saturated rings. The van der Waals surface area contributed by atoms with Gasteiger partial charge in [-0.25, -0.2) is 0 Å². The normalized spacial score (nSPS) is 22.6. The van der Waals surface area contributed by atoms with Crippen molar-refractivity contribution in [3.05, 3.63) is 0 Å². The summed E-state index contributed by atoms with van der Waals surface area (Å²) in [6.07, 6.45) is 9.87. The fraction of sp³-hybridized carbons (Fsp3) is 0.923. The maximum absolute atomic E-state index is 13.0. The van der Waals surface area contributed by atoms with E-state index in [1.807, 2.05) is 0 Å². The lowest BCUT2D eigenvalue weighted by molar-refractivity contribution is -0.168. The number of carbonyl (C=O) groups is 2. The van der Waals surface area contributed by atoms with Gasteiger partial charge in [0.2, 0.25) is 0 Å². The van der Waals surface area contributed by atoms with Gasteiger partial charge in [-0.1, -0.05) is 65.2 Å². The van der Waals surface area contributed by atoms with Crippen molar-refractivity contribution < 1.29 is 34.4 Å². The zero-order valence-corrected chi connectivity index (χ0v) is 21.5. The van der Waals surface area contributed by atoms with Crippen molar-refractivity contribution in [2.75, 3.05) is 39.5 Å². The van der Waals surface area contributed by atoms with Crippen molar-refractivity contribution in [2.24, 2.45) is 11.8 Å². The van der Waals surface area contributed by atoms with Crippen LogP contribution in [0.1, 0.15) is 90.9 Å². The smallest absolute Gasteiger partial charge is 0.309 e. The number of unbranched alkanes of at least 4 members (excludes halogenated alkanes) is 8. The van der Waals surface area contributed by atoms with E-state index in [-0.39, 0.29) is 39.1 Å². The second-order valence-corrected chi connectivity index (χ2v) is 9.47. The van der Waals surface area contributed by atoms with Gasteiger partial charge in [0.25, 0.3) is 0 Å². The SMILES string of the molecule is CCCCCCCOC(=O)C1CC(O)C(N(CCO)CCO)CC1C(=O)OCCCCCCC. The van der Waals surface area contributed by atoms with Crippen molar-refractivity contribution in [1.82, 2.24) is 4.90 Å². The van der Waals surface area contributed by atoms with Crippen LogP contribution in [0.15, 0.2) is 0 Å². The fourth-order valence-corrected chi connectivity index (χ4v) is 4.75. The van der Waals surface area contributed by atoms with Crippen LogP contribution in [0.25, 0.3) is 0 Å². The molecule has 0 amide bonds. The first-order valence-electron chi connectivity index (χ1n) is 13.5. The Morgan fingerprint density at radius 2 is 1.18 bits per heavy atom. The third-order valence-electron chi connectivity index (χ3n) is 6.75. The van der Waals surface area contributed by atoms with Crippen LogP contribution in [0.3, 0.4) is 0 Å². The second kappa shape index (κ2) is 19.0. The number of aliphatic hydroxyl groups is 3. The molecule has 8 heteroatoms. The van der Waals surface area contributed by atoms with E-state index in [1.165, 1.54) is 0 Å². The molecule has 34 heavy (non-hydrogen) atoms. The highest BCUT2D eigenvalue weighted by atomic mass is 16.5. The fourth-order valence-electron chi connectivity index (χ4n) is 4.75. The minimum atomic E-state index is -0.863. The lowest BCUT2D eigenvalue weighted by atomic mass is 9.74. The Bertz CT molecular complexity index is 539. The van der Waals surface area contributed by atoms with Crippen LogP contribution in [0.4, 0.5) is 0 Å². The molecule has 1 saturated carbocycles. The zero-order valence-electron chi connectivity index (χ0n) is 21.5. The number of hydrogen-bond donors (Lipinski definition) is 3. The predicted molar refractivity (Wildman–Crippen MR) is 131 cm³/mol. The molecule has 3 N–H and O–H groups in total. The summed E-state index contributed by atoms with van der Waals surface area (Å²) in [4.78, 5) is 27.7. The highest BCUT2D eigenvalue weighted by Crippen LogP contribution is 2.35. The van der Waals surface area contributed by atoms with E-state index < -0.39 is 35.9 Å². The molecule has 0 radical (unpaired) electrons. The molecule has 0 heterocycles. The molecular weight excluding hydrogens is 438 g/mol. The predicted octanol–water partition coefficient (Wildman–Crippen LogP) is 3.06. The maximum Gasteiger partial charge on any atom is 0.309 e. The summed E-state index contributed by atoms with van der Waals surface area (Å²) in [5, 5.41) is 29.6. The molecule has 4 atom stereocenters. The van der Waals surface area contributed by atoms with E-state index >= 15 is 0 Å². The molecule has 0 aromatic heterocycles. The lowest BCUT2D eigenvalue weighted by Gasteiger charge is -2.42. The third kappa shape index (κ3) is 11.5. The molecule has 0 spiro atoms. The Kier molecular flexibility index (Phi) is 17.2. The first kappa shape index (κ1) is 30.8. The maximum atomic E-state index is 13.0. The molecule has 8 nitrogen and oxygen atoms in total. The summed E-state index contributed by atoms with van der Waals surface area (Å²) in [5.74, 6) is -2.34. The molecule has 1 aliphatic carbocycles. The van der Waals surface area contributed by atoms with E-state index in [4.69, 9.17) is 9.47 Å².